The Balaban J connectivity index is 1.66. The lowest BCUT2D eigenvalue weighted by Gasteiger charge is -2.38. The first-order chi connectivity index (χ1) is 16.7. The van der Waals surface area contributed by atoms with E-state index in [0.717, 1.165) is 44.9 Å². The quantitative estimate of drug-likeness (QED) is 0.414. The van der Waals surface area contributed by atoms with Gasteiger partial charge in [0.15, 0.2) is 0 Å². The number of ether oxygens (including phenoxy) is 1. The van der Waals surface area contributed by atoms with Gasteiger partial charge < -0.3 is 26.0 Å². The molecule has 0 unspecified atom stereocenters. The molecule has 0 spiro atoms. The summed E-state index contributed by atoms with van der Waals surface area (Å²) < 4.78 is 4.74. The van der Waals surface area contributed by atoms with E-state index in [9.17, 15) is 14.4 Å². The summed E-state index contributed by atoms with van der Waals surface area (Å²) in [5, 5.41) is 6.46. The van der Waals surface area contributed by atoms with Crippen LogP contribution in [0, 0.1) is 5.92 Å². The second kappa shape index (κ2) is 13.2. The molecule has 35 heavy (non-hydrogen) atoms. The molecule has 0 aromatic rings. The van der Waals surface area contributed by atoms with Gasteiger partial charge in [0.2, 0.25) is 11.8 Å². The highest BCUT2D eigenvalue weighted by Gasteiger charge is 2.45. The zero-order valence-corrected chi connectivity index (χ0v) is 22.7. The summed E-state index contributed by atoms with van der Waals surface area (Å²) in [6, 6.07) is -0.967. The number of hydrogen-bond acceptors (Lipinski definition) is 6. The van der Waals surface area contributed by atoms with Crippen LogP contribution in [-0.2, 0) is 14.3 Å². The van der Waals surface area contributed by atoms with Crippen LogP contribution < -0.4 is 16.4 Å². The van der Waals surface area contributed by atoms with Gasteiger partial charge in [-0.3, -0.25) is 9.59 Å². The monoisotopic (exact) mass is 510 g/mol. The van der Waals surface area contributed by atoms with E-state index < -0.39 is 22.9 Å². The van der Waals surface area contributed by atoms with Crippen molar-refractivity contribution in [2.45, 2.75) is 120 Å². The third-order valence-corrected chi connectivity index (χ3v) is 9.36. The van der Waals surface area contributed by atoms with E-state index in [1.165, 1.54) is 12.8 Å². The summed E-state index contributed by atoms with van der Waals surface area (Å²) in [6.07, 6.45) is 10.3. The van der Waals surface area contributed by atoms with Gasteiger partial charge in [-0.1, -0.05) is 19.8 Å². The lowest BCUT2D eigenvalue weighted by molar-refractivity contribution is -0.140. The molecule has 3 fully saturated rings. The number of nitrogens with two attached hydrogens (primary N) is 1. The van der Waals surface area contributed by atoms with Gasteiger partial charge in [0, 0.05) is 29.1 Å². The first-order valence-electron chi connectivity index (χ1n) is 13.7. The van der Waals surface area contributed by atoms with E-state index in [1.807, 2.05) is 20.8 Å². The highest BCUT2D eigenvalue weighted by atomic mass is 32.2. The van der Waals surface area contributed by atoms with E-state index in [4.69, 9.17) is 10.5 Å². The van der Waals surface area contributed by atoms with Gasteiger partial charge in [-0.05, 0) is 77.6 Å². The zero-order valence-electron chi connectivity index (χ0n) is 21.9. The van der Waals surface area contributed by atoms with Gasteiger partial charge in [0.05, 0.1) is 6.61 Å². The molecule has 0 bridgehead atoms. The van der Waals surface area contributed by atoms with E-state index >= 15 is 0 Å². The van der Waals surface area contributed by atoms with E-state index in [1.54, 1.807) is 16.7 Å². The molecule has 2 saturated carbocycles. The van der Waals surface area contributed by atoms with Crippen molar-refractivity contribution >= 4 is 29.7 Å². The number of amides is 3. The molecule has 3 rings (SSSR count). The second-order valence-electron chi connectivity index (χ2n) is 11.1. The van der Waals surface area contributed by atoms with Crippen LogP contribution in [0.5, 0.6) is 0 Å². The fourth-order valence-electron chi connectivity index (χ4n) is 5.61. The van der Waals surface area contributed by atoms with Gasteiger partial charge in [-0.25, -0.2) is 4.79 Å². The van der Waals surface area contributed by atoms with Crippen molar-refractivity contribution in [1.29, 1.82) is 0 Å². The van der Waals surface area contributed by atoms with Crippen molar-refractivity contribution in [2.75, 3.05) is 19.7 Å². The third-order valence-electron chi connectivity index (χ3n) is 7.71. The van der Waals surface area contributed by atoms with Crippen LogP contribution in [-0.4, -0.2) is 70.6 Å². The average Bonchev–Trinajstić information content (AvgIpc) is 3.52. The van der Waals surface area contributed by atoms with Crippen molar-refractivity contribution in [3.05, 3.63) is 0 Å². The second-order valence-corrected chi connectivity index (χ2v) is 13.0. The molecule has 1 saturated heterocycles. The fraction of sp³-hybridized carbons (Fsp3) is 0.885. The summed E-state index contributed by atoms with van der Waals surface area (Å²) in [5.74, 6) is 0.184. The molecule has 2 aliphatic carbocycles. The van der Waals surface area contributed by atoms with Gasteiger partial charge in [-0.15, -0.1) is 11.8 Å². The Hall–Kier alpha value is -1.48. The van der Waals surface area contributed by atoms with E-state index in [0.29, 0.717) is 43.7 Å². The zero-order chi connectivity index (χ0) is 25.4. The van der Waals surface area contributed by atoms with Crippen molar-refractivity contribution in [1.82, 2.24) is 15.5 Å². The molecule has 3 amide bonds. The molecule has 9 heteroatoms. The number of thioether (sulfide) groups is 1. The predicted molar refractivity (Wildman–Crippen MR) is 140 cm³/mol. The topological polar surface area (TPSA) is 114 Å². The minimum absolute atomic E-state index is 0.0840. The standard InChI is InChI=1S/C26H46N4O4S/c1-4-16-34-25(33)29-22(26(2,3)35-20-8-5-6-9-20)24(32)30-15-7-10-21(30)23(31)28-17-18-11-13-19(27)14-12-18/h18-22H,4-17,27H2,1-3H3,(H,28,31)(H,29,33)/t18-,19-,21-,22-/m0/s1. The smallest absolute Gasteiger partial charge is 0.407 e. The maximum Gasteiger partial charge on any atom is 0.407 e. The molecular weight excluding hydrogens is 464 g/mol. The molecule has 1 heterocycles. The van der Waals surface area contributed by atoms with Crippen LogP contribution in [0.1, 0.15) is 91.4 Å². The largest absolute Gasteiger partial charge is 0.450 e. The Morgan fingerprint density at radius 3 is 2.40 bits per heavy atom. The number of likely N-dealkylation sites (tertiary alicyclic amines) is 1. The van der Waals surface area contributed by atoms with Crippen LogP contribution in [0.25, 0.3) is 0 Å². The van der Waals surface area contributed by atoms with Crippen LogP contribution in [0.3, 0.4) is 0 Å². The Morgan fingerprint density at radius 1 is 1.06 bits per heavy atom. The fourth-order valence-corrected chi connectivity index (χ4v) is 7.34. The summed E-state index contributed by atoms with van der Waals surface area (Å²) in [5.41, 5.74) is 6.01. The Kier molecular flexibility index (Phi) is 10.6. The Bertz CT molecular complexity index is 720. The molecule has 0 aromatic heterocycles. The molecule has 0 radical (unpaired) electrons. The number of hydrogen-bond donors (Lipinski definition) is 3. The maximum atomic E-state index is 13.9. The van der Waals surface area contributed by atoms with Crippen LogP contribution >= 0.6 is 11.8 Å². The van der Waals surface area contributed by atoms with Gasteiger partial charge >= 0.3 is 6.09 Å². The number of alkyl carbamates (subject to hydrolysis) is 1. The number of carbonyl (C=O) groups is 3. The highest BCUT2D eigenvalue weighted by Crippen LogP contribution is 2.40. The molecule has 1 aliphatic heterocycles. The van der Waals surface area contributed by atoms with Crippen LogP contribution in [0.15, 0.2) is 0 Å². The third kappa shape index (κ3) is 8.00. The first kappa shape index (κ1) is 28.1. The molecule has 3 aliphatic rings. The molecule has 200 valence electrons. The van der Waals surface area contributed by atoms with E-state index in [2.05, 4.69) is 10.6 Å². The number of nitrogens with zero attached hydrogens (tertiary/aromatic N) is 1. The van der Waals surface area contributed by atoms with Gasteiger partial charge in [0.25, 0.3) is 0 Å². The number of nitrogens with one attached hydrogen (secondary N) is 2. The van der Waals surface area contributed by atoms with Crippen LogP contribution in [0.4, 0.5) is 4.79 Å². The van der Waals surface area contributed by atoms with E-state index in [-0.39, 0.29) is 17.9 Å². The van der Waals surface area contributed by atoms with Crippen molar-refractivity contribution in [3.8, 4) is 0 Å². The molecule has 8 nitrogen and oxygen atoms in total. The van der Waals surface area contributed by atoms with Crippen molar-refractivity contribution < 1.29 is 19.1 Å². The van der Waals surface area contributed by atoms with Crippen molar-refractivity contribution in [3.63, 3.8) is 0 Å². The molecular formula is C26H46N4O4S. The van der Waals surface area contributed by atoms with Crippen LogP contribution in [0.2, 0.25) is 0 Å². The maximum absolute atomic E-state index is 13.9. The summed E-state index contributed by atoms with van der Waals surface area (Å²) in [7, 11) is 0. The number of carbonyl (C=O) groups excluding carboxylic acids is 3. The first-order valence-corrected chi connectivity index (χ1v) is 14.5. The summed E-state index contributed by atoms with van der Waals surface area (Å²) in [6.45, 7) is 7.46. The minimum atomic E-state index is -0.759. The lowest BCUT2D eigenvalue weighted by atomic mass is 9.86. The number of rotatable bonds is 10. The summed E-state index contributed by atoms with van der Waals surface area (Å²) in [4.78, 5) is 41.2. The molecule has 0 aromatic carbocycles. The van der Waals surface area contributed by atoms with Gasteiger partial charge in [0.1, 0.15) is 12.1 Å². The predicted octanol–water partition coefficient (Wildman–Crippen LogP) is 3.57. The van der Waals surface area contributed by atoms with Crippen molar-refractivity contribution in [2.24, 2.45) is 11.7 Å². The SMILES string of the molecule is CCCOC(=O)N[C@@H](C(=O)N1CCC[C@H]1C(=O)NC[C@H]1CC[C@H](N)CC1)C(C)(C)SC1CCCC1. The van der Waals surface area contributed by atoms with Gasteiger partial charge in [-0.2, -0.15) is 0 Å². The highest BCUT2D eigenvalue weighted by molar-refractivity contribution is 8.01. The minimum Gasteiger partial charge on any atom is -0.450 e. The average molecular weight is 511 g/mol. The lowest BCUT2D eigenvalue weighted by Crippen LogP contribution is -2.60. The summed E-state index contributed by atoms with van der Waals surface area (Å²) >= 11 is 1.78. The Morgan fingerprint density at radius 2 is 1.74 bits per heavy atom. The molecule has 2 atom stereocenters. The Labute approximate surface area is 215 Å². The molecule has 4 N–H and O–H groups in total. The normalized spacial score (nSPS) is 26.4.